The molecule has 0 radical (unpaired) electrons. The average Bonchev–Trinajstić information content (AvgIpc) is 3.04. The van der Waals surface area contributed by atoms with Gasteiger partial charge in [0, 0.05) is 0 Å². The van der Waals surface area contributed by atoms with Gasteiger partial charge in [-0.05, 0) is 33.3 Å². The third kappa shape index (κ3) is 3.23. The SMILES string of the molecule is CC1(C)O[C@@H]2[C@@H](OCc3ccccc3)[C@@H]3OC(C)(C)O[C@@H]3[C@H](O)[C@H]2O1. The lowest BCUT2D eigenvalue weighted by Crippen LogP contribution is -2.62. The number of rotatable bonds is 3. The minimum atomic E-state index is -0.824. The second kappa shape index (κ2) is 6.01. The van der Waals surface area contributed by atoms with Gasteiger partial charge in [-0.3, -0.25) is 0 Å². The van der Waals surface area contributed by atoms with Crippen molar-refractivity contribution in [1.29, 1.82) is 0 Å². The minimum absolute atomic E-state index is 0.387. The lowest BCUT2D eigenvalue weighted by atomic mass is 9.85. The topological polar surface area (TPSA) is 66.4 Å². The molecule has 2 saturated heterocycles. The molecule has 2 heterocycles. The van der Waals surface area contributed by atoms with E-state index in [-0.39, 0.29) is 6.10 Å². The normalized spacial score (nSPS) is 41.3. The van der Waals surface area contributed by atoms with E-state index in [0.717, 1.165) is 5.56 Å². The Morgan fingerprint density at radius 2 is 1.32 bits per heavy atom. The van der Waals surface area contributed by atoms with Crippen LogP contribution in [0.4, 0.5) is 0 Å². The van der Waals surface area contributed by atoms with Crippen molar-refractivity contribution in [3.63, 3.8) is 0 Å². The van der Waals surface area contributed by atoms with Gasteiger partial charge < -0.3 is 28.8 Å². The lowest BCUT2D eigenvalue weighted by molar-refractivity contribution is -0.190. The van der Waals surface area contributed by atoms with Gasteiger partial charge in [0.05, 0.1) is 6.61 Å². The quantitative estimate of drug-likeness (QED) is 0.899. The molecule has 3 aliphatic rings. The van der Waals surface area contributed by atoms with E-state index in [2.05, 4.69) is 0 Å². The van der Waals surface area contributed by atoms with Gasteiger partial charge in [-0.2, -0.15) is 0 Å². The summed E-state index contributed by atoms with van der Waals surface area (Å²) in [5, 5.41) is 10.8. The summed E-state index contributed by atoms with van der Waals surface area (Å²) >= 11 is 0. The molecule has 1 aliphatic carbocycles. The van der Waals surface area contributed by atoms with E-state index in [4.69, 9.17) is 23.7 Å². The zero-order valence-electron chi connectivity index (χ0n) is 15.0. The van der Waals surface area contributed by atoms with Crippen LogP contribution < -0.4 is 0 Å². The summed E-state index contributed by atoms with van der Waals surface area (Å²) in [6.07, 6.45) is -3.04. The molecule has 3 fully saturated rings. The maximum absolute atomic E-state index is 10.8. The molecule has 1 aromatic carbocycles. The molecule has 6 atom stereocenters. The second-order valence-electron chi connectivity index (χ2n) is 7.88. The van der Waals surface area contributed by atoms with Gasteiger partial charge in [0.2, 0.25) is 0 Å². The smallest absolute Gasteiger partial charge is 0.164 e. The molecule has 0 amide bonds. The van der Waals surface area contributed by atoms with Gasteiger partial charge in [0.1, 0.15) is 36.6 Å². The van der Waals surface area contributed by atoms with E-state index < -0.39 is 42.1 Å². The van der Waals surface area contributed by atoms with Gasteiger partial charge in [-0.25, -0.2) is 0 Å². The molecule has 0 spiro atoms. The third-order valence-electron chi connectivity index (χ3n) is 4.93. The number of aliphatic hydroxyl groups excluding tert-OH is 1. The fourth-order valence-electron chi connectivity index (χ4n) is 4.00. The standard InChI is InChI=1S/C19H26O6/c1-18(2)22-13-12(20)14-17(25-19(3,4)23-14)15(16(13)24-18)21-10-11-8-6-5-7-9-11/h5-9,12-17,20H,10H2,1-4H3/t12-,13-,14-,15-,16+,17-/m1/s1. The van der Waals surface area contributed by atoms with Crippen LogP contribution in [-0.4, -0.2) is 53.3 Å². The van der Waals surface area contributed by atoms with Crippen LogP contribution in [0.1, 0.15) is 33.3 Å². The average molecular weight is 350 g/mol. The molecule has 6 heteroatoms. The molecule has 0 aromatic heterocycles. The first-order valence-corrected chi connectivity index (χ1v) is 8.81. The Labute approximate surface area is 148 Å². The fourth-order valence-corrected chi connectivity index (χ4v) is 4.00. The summed E-state index contributed by atoms with van der Waals surface area (Å²) in [5.41, 5.74) is 1.07. The Kier molecular flexibility index (Phi) is 4.18. The van der Waals surface area contributed by atoms with E-state index >= 15 is 0 Å². The molecule has 4 rings (SSSR count). The number of hydrogen-bond acceptors (Lipinski definition) is 6. The fraction of sp³-hybridized carbons (Fsp3) is 0.684. The van der Waals surface area contributed by atoms with Gasteiger partial charge >= 0.3 is 0 Å². The zero-order chi connectivity index (χ0) is 17.8. The van der Waals surface area contributed by atoms with E-state index in [1.54, 1.807) is 0 Å². The van der Waals surface area contributed by atoms with Crippen molar-refractivity contribution in [3.05, 3.63) is 35.9 Å². The van der Waals surface area contributed by atoms with Crippen LogP contribution in [0.15, 0.2) is 30.3 Å². The number of aliphatic hydroxyl groups is 1. The Morgan fingerprint density at radius 3 is 1.84 bits per heavy atom. The van der Waals surface area contributed by atoms with Gasteiger partial charge in [0.15, 0.2) is 11.6 Å². The minimum Gasteiger partial charge on any atom is -0.387 e. The van der Waals surface area contributed by atoms with Crippen molar-refractivity contribution >= 4 is 0 Å². The molecule has 6 nitrogen and oxygen atoms in total. The highest BCUT2D eigenvalue weighted by Gasteiger charge is 2.63. The van der Waals surface area contributed by atoms with Gasteiger partial charge in [-0.1, -0.05) is 30.3 Å². The molecule has 1 aromatic rings. The highest BCUT2D eigenvalue weighted by atomic mass is 16.8. The predicted molar refractivity (Wildman–Crippen MR) is 88.7 cm³/mol. The van der Waals surface area contributed by atoms with Crippen LogP contribution in [0, 0.1) is 0 Å². The predicted octanol–water partition coefficient (Wildman–Crippen LogP) is 1.99. The highest BCUT2D eigenvalue weighted by molar-refractivity contribution is 5.14. The van der Waals surface area contributed by atoms with Crippen molar-refractivity contribution in [2.24, 2.45) is 0 Å². The van der Waals surface area contributed by atoms with E-state index in [9.17, 15) is 5.11 Å². The van der Waals surface area contributed by atoms with Gasteiger partial charge in [0.25, 0.3) is 0 Å². The first-order valence-electron chi connectivity index (χ1n) is 8.81. The number of fused-ring (bicyclic) bond motifs is 2. The monoisotopic (exact) mass is 350 g/mol. The molecule has 1 N–H and O–H groups in total. The Bertz CT molecular complexity index is 584. The molecule has 2 aliphatic heterocycles. The van der Waals surface area contributed by atoms with Crippen LogP contribution in [0.25, 0.3) is 0 Å². The first-order chi connectivity index (χ1) is 11.8. The Morgan fingerprint density at radius 1 is 0.840 bits per heavy atom. The number of benzene rings is 1. The van der Waals surface area contributed by atoms with Gasteiger partial charge in [-0.15, -0.1) is 0 Å². The Balaban J connectivity index is 1.59. The largest absolute Gasteiger partial charge is 0.387 e. The maximum atomic E-state index is 10.8. The van der Waals surface area contributed by atoms with E-state index in [1.807, 2.05) is 58.0 Å². The van der Waals surface area contributed by atoms with Crippen molar-refractivity contribution in [3.8, 4) is 0 Å². The number of hydrogen-bond donors (Lipinski definition) is 1. The lowest BCUT2D eigenvalue weighted by Gasteiger charge is -2.40. The second-order valence-corrected chi connectivity index (χ2v) is 7.88. The van der Waals surface area contributed by atoms with Crippen LogP contribution in [0.3, 0.4) is 0 Å². The number of ether oxygens (including phenoxy) is 5. The third-order valence-corrected chi connectivity index (χ3v) is 4.93. The maximum Gasteiger partial charge on any atom is 0.164 e. The van der Waals surface area contributed by atoms with Crippen molar-refractivity contribution < 1.29 is 28.8 Å². The zero-order valence-corrected chi connectivity index (χ0v) is 15.0. The summed E-state index contributed by atoms with van der Waals surface area (Å²) in [6.45, 7) is 7.80. The molecule has 0 unspecified atom stereocenters. The summed E-state index contributed by atoms with van der Waals surface area (Å²) in [6, 6.07) is 9.95. The van der Waals surface area contributed by atoms with E-state index in [0.29, 0.717) is 6.61 Å². The van der Waals surface area contributed by atoms with Crippen LogP contribution >= 0.6 is 0 Å². The molecule has 138 valence electrons. The Hall–Kier alpha value is -1.02. The molecular weight excluding hydrogens is 324 g/mol. The van der Waals surface area contributed by atoms with Crippen LogP contribution in [0.2, 0.25) is 0 Å². The van der Waals surface area contributed by atoms with Crippen molar-refractivity contribution in [1.82, 2.24) is 0 Å². The molecule has 1 saturated carbocycles. The van der Waals surface area contributed by atoms with E-state index in [1.165, 1.54) is 0 Å². The summed E-state index contributed by atoms with van der Waals surface area (Å²) in [7, 11) is 0. The highest BCUT2D eigenvalue weighted by Crippen LogP contribution is 2.45. The molecular formula is C19H26O6. The summed E-state index contributed by atoms with van der Waals surface area (Å²) in [5.74, 6) is -1.56. The first kappa shape index (κ1) is 17.4. The molecule has 25 heavy (non-hydrogen) atoms. The van der Waals surface area contributed by atoms with Crippen LogP contribution in [-0.2, 0) is 30.3 Å². The van der Waals surface area contributed by atoms with Crippen molar-refractivity contribution in [2.45, 2.75) is 82.5 Å². The summed E-state index contributed by atoms with van der Waals surface area (Å²) < 4.78 is 30.2. The van der Waals surface area contributed by atoms with Crippen molar-refractivity contribution in [2.75, 3.05) is 0 Å². The molecule has 0 bridgehead atoms. The summed E-state index contributed by atoms with van der Waals surface area (Å²) in [4.78, 5) is 0. The van der Waals surface area contributed by atoms with Crippen LogP contribution in [0.5, 0.6) is 0 Å².